The minimum atomic E-state index is -0.0177. The van der Waals surface area contributed by atoms with Crippen molar-refractivity contribution in [3.8, 4) is 5.75 Å². The fourth-order valence-corrected chi connectivity index (χ4v) is 2.89. The lowest BCUT2D eigenvalue weighted by Crippen LogP contribution is -2.47. The summed E-state index contributed by atoms with van der Waals surface area (Å²) in [4.78, 5) is 13.9. The molecule has 1 aliphatic rings. The van der Waals surface area contributed by atoms with Gasteiger partial charge in [0.1, 0.15) is 12.4 Å². The number of fused-ring (bicyclic) bond motifs is 1. The van der Waals surface area contributed by atoms with Crippen LogP contribution in [0.1, 0.15) is 12.5 Å². The molecular formula is C17H16ClNO2. The Labute approximate surface area is 129 Å². The minimum Gasteiger partial charge on any atom is -0.489 e. The molecule has 21 heavy (non-hydrogen) atoms. The fourth-order valence-electron chi connectivity index (χ4n) is 2.72. The number of amides is 1. The number of hydrogen-bond acceptors (Lipinski definition) is 2. The van der Waals surface area contributed by atoms with Gasteiger partial charge in [-0.25, -0.2) is 0 Å². The van der Waals surface area contributed by atoms with Crippen LogP contribution in [0, 0.1) is 0 Å². The van der Waals surface area contributed by atoms with Gasteiger partial charge in [-0.1, -0.05) is 41.9 Å². The smallest absolute Gasteiger partial charge is 0.224 e. The van der Waals surface area contributed by atoms with Crippen LogP contribution in [0.5, 0.6) is 5.75 Å². The van der Waals surface area contributed by atoms with Gasteiger partial charge in [0.05, 0.1) is 11.7 Å². The first-order valence-electron chi connectivity index (χ1n) is 6.91. The SMILES string of the molecule is CC(=O)N1c2cc(Cl)ccc2OC[C@@H]1Cc1ccccc1. The molecule has 0 aromatic heterocycles. The third-order valence-electron chi connectivity index (χ3n) is 3.63. The second-order valence-corrected chi connectivity index (χ2v) is 5.59. The topological polar surface area (TPSA) is 29.5 Å². The van der Waals surface area contributed by atoms with Crippen LogP contribution >= 0.6 is 11.6 Å². The van der Waals surface area contributed by atoms with Gasteiger partial charge in [-0.15, -0.1) is 0 Å². The number of rotatable bonds is 2. The standard InChI is InChI=1S/C17H16ClNO2/c1-12(20)19-15(9-13-5-3-2-4-6-13)11-21-17-8-7-14(18)10-16(17)19/h2-8,10,15H,9,11H2,1H3/t15-/m0/s1. The van der Waals surface area contributed by atoms with Gasteiger partial charge in [0, 0.05) is 11.9 Å². The van der Waals surface area contributed by atoms with Gasteiger partial charge in [-0.05, 0) is 30.2 Å². The van der Waals surface area contributed by atoms with E-state index in [9.17, 15) is 4.79 Å². The lowest BCUT2D eigenvalue weighted by molar-refractivity contribution is -0.117. The van der Waals surface area contributed by atoms with Gasteiger partial charge >= 0.3 is 0 Å². The van der Waals surface area contributed by atoms with E-state index >= 15 is 0 Å². The monoisotopic (exact) mass is 301 g/mol. The van der Waals surface area contributed by atoms with E-state index in [-0.39, 0.29) is 11.9 Å². The molecule has 1 atom stereocenters. The molecule has 0 saturated heterocycles. The Morgan fingerprint density at radius 3 is 2.76 bits per heavy atom. The molecule has 4 heteroatoms. The van der Waals surface area contributed by atoms with Crippen molar-refractivity contribution in [2.75, 3.05) is 11.5 Å². The molecule has 108 valence electrons. The number of carbonyl (C=O) groups excluding carboxylic acids is 1. The summed E-state index contributed by atoms with van der Waals surface area (Å²) in [7, 11) is 0. The maximum Gasteiger partial charge on any atom is 0.224 e. The molecule has 0 saturated carbocycles. The van der Waals surface area contributed by atoms with Crippen LogP contribution in [0.25, 0.3) is 0 Å². The molecule has 2 aromatic carbocycles. The van der Waals surface area contributed by atoms with Gasteiger partial charge in [0.2, 0.25) is 5.91 Å². The van der Waals surface area contributed by atoms with E-state index < -0.39 is 0 Å². The zero-order chi connectivity index (χ0) is 14.8. The molecule has 0 N–H and O–H groups in total. The van der Waals surface area contributed by atoms with Crippen LogP contribution in [-0.2, 0) is 11.2 Å². The van der Waals surface area contributed by atoms with Crippen molar-refractivity contribution < 1.29 is 9.53 Å². The molecule has 0 fully saturated rings. The lowest BCUT2D eigenvalue weighted by Gasteiger charge is -2.36. The van der Waals surface area contributed by atoms with Gasteiger partial charge in [-0.3, -0.25) is 4.79 Å². The fraction of sp³-hybridized carbons (Fsp3) is 0.235. The Kier molecular flexibility index (Phi) is 3.84. The Morgan fingerprint density at radius 2 is 2.05 bits per heavy atom. The molecule has 0 spiro atoms. The molecule has 2 aromatic rings. The number of anilines is 1. The summed E-state index contributed by atoms with van der Waals surface area (Å²) in [6.07, 6.45) is 0.756. The average Bonchev–Trinajstić information content (AvgIpc) is 2.47. The highest BCUT2D eigenvalue weighted by atomic mass is 35.5. The van der Waals surface area contributed by atoms with E-state index in [4.69, 9.17) is 16.3 Å². The third kappa shape index (κ3) is 2.88. The zero-order valence-electron chi connectivity index (χ0n) is 11.8. The molecular weight excluding hydrogens is 286 g/mol. The van der Waals surface area contributed by atoms with Gasteiger partial charge < -0.3 is 9.64 Å². The molecule has 1 heterocycles. The van der Waals surface area contributed by atoms with Crippen LogP contribution in [0.15, 0.2) is 48.5 Å². The lowest BCUT2D eigenvalue weighted by atomic mass is 10.0. The van der Waals surface area contributed by atoms with Crippen molar-refractivity contribution in [2.45, 2.75) is 19.4 Å². The van der Waals surface area contributed by atoms with Crippen molar-refractivity contribution in [1.82, 2.24) is 0 Å². The van der Waals surface area contributed by atoms with Crippen molar-refractivity contribution in [3.63, 3.8) is 0 Å². The summed E-state index contributed by atoms with van der Waals surface area (Å²) >= 11 is 6.06. The molecule has 1 aliphatic heterocycles. The van der Waals surface area contributed by atoms with E-state index in [1.54, 1.807) is 24.0 Å². The Hall–Kier alpha value is -2.00. The average molecular weight is 302 g/mol. The molecule has 0 aliphatic carbocycles. The molecule has 0 unspecified atom stereocenters. The zero-order valence-corrected chi connectivity index (χ0v) is 12.5. The van der Waals surface area contributed by atoms with Crippen molar-refractivity contribution in [3.05, 3.63) is 59.1 Å². The molecule has 1 amide bonds. The second-order valence-electron chi connectivity index (χ2n) is 5.16. The van der Waals surface area contributed by atoms with Crippen LogP contribution in [-0.4, -0.2) is 18.6 Å². The quantitative estimate of drug-likeness (QED) is 0.846. The number of hydrogen-bond donors (Lipinski definition) is 0. The molecule has 0 radical (unpaired) electrons. The van der Waals surface area contributed by atoms with Crippen molar-refractivity contribution >= 4 is 23.2 Å². The van der Waals surface area contributed by atoms with Gasteiger partial charge in [-0.2, -0.15) is 0 Å². The summed E-state index contributed by atoms with van der Waals surface area (Å²) in [5.74, 6) is 0.710. The van der Waals surface area contributed by atoms with E-state index in [0.717, 1.165) is 12.1 Å². The molecule has 0 bridgehead atoms. The largest absolute Gasteiger partial charge is 0.489 e. The summed E-state index contributed by atoms with van der Waals surface area (Å²) in [5.41, 5.74) is 1.94. The summed E-state index contributed by atoms with van der Waals surface area (Å²) in [6.45, 7) is 2.07. The van der Waals surface area contributed by atoms with Gasteiger partial charge in [0.25, 0.3) is 0 Å². The number of carbonyl (C=O) groups is 1. The summed E-state index contributed by atoms with van der Waals surface area (Å²) < 4.78 is 5.79. The minimum absolute atomic E-state index is 0.00254. The number of halogens is 1. The maximum absolute atomic E-state index is 12.1. The Bertz CT molecular complexity index is 657. The third-order valence-corrected chi connectivity index (χ3v) is 3.87. The van der Waals surface area contributed by atoms with E-state index in [2.05, 4.69) is 12.1 Å². The van der Waals surface area contributed by atoms with Crippen LogP contribution in [0.2, 0.25) is 5.02 Å². The highest BCUT2D eigenvalue weighted by molar-refractivity contribution is 6.31. The Balaban J connectivity index is 1.94. The highest BCUT2D eigenvalue weighted by Crippen LogP contribution is 2.36. The number of benzene rings is 2. The molecule has 3 rings (SSSR count). The van der Waals surface area contributed by atoms with Gasteiger partial charge in [0.15, 0.2) is 0 Å². The van der Waals surface area contributed by atoms with E-state index in [1.165, 1.54) is 5.56 Å². The van der Waals surface area contributed by atoms with E-state index in [0.29, 0.717) is 17.4 Å². The highest BCUT2D eigenvalue weighted by Gasteiger charge is 2.30. The molecule has 3 nitrogen and oxygen atoms in total. The first-order valence-corrected chi connectivity index (χ1v) is 7.29. The van der Waals surface area contributed by atoms with Crippen molar-refractivity contribution in [1.29, 1.82) is 0 Å². The number of ether oxygens (including phenoxy) is 1. The van der Waals surface area contributed by atoms with Crippen LogP contribution in [0.4, 0.5) is 5.69 Å². The number of nitrogens with zero attached hydrogens (tertiary/aromatic N) is 1. The summed E-state index contributed by atoms with van der Waals surface area (Å²) in [6, 6.07) is 15.5. The predicted octanol–water partition coefficient (Wildman–Crippen LogP) is 3.70. The van der Waals surface area contributed by atoms with Crippen LogP contribution in [0.3, 0.4) is 0 Å². The normalized spacial score (nSPS) is 17.0. The second kappa shape index (κ2) is 5.78. The summed E-state index contributed by atoms with van der Waals surface area (Å²) in [5, 5.41) is 0.601. The van der Waals surface area contributed by atoms with E-state index in [1.807, 2.05) is 24.3 Å². The Morgan fingerprint density at radius 1 is 1.29 bits per heavy atom. The first-order chi connectivity index (χ1) is 10.1. The predicted molar refractivity (Wildman–Crippen MR) is 84.0 cm³/mol. The maximum atomic E-state index is 12.1. The van der Waals surface area contributed by atoms with Crippen molar-refractivity contribution in [2.24, 2.45) is 0 Å². The first kappa shape index (κ1) is 14.0. The van der Waals surface area contributed by atoms with Crippen LogP contribution < -0.4 is 9.64 Å².